The Morgan fingerprint density at radius 2 is 1.50 bits per heavy atom. The number of primary amides is 1. The molecule has 4 atom stereocenters. The standard InChI is InChI=1S/C30H37N5O13/c1-13(2)26(34-27(43)18(7-8-23(38)39)33-28(44)19(11-24(40)41)32-15(4)36)29(45)35(20(30(46)47)12-22(31)37)16-5-6-17-14(3)9-25(42)48-21(17)10-16/h5-6,9-10,13,18-20,26H,7-8,11-12H2,1-4H3,(H2,31,37)(H,32,36)(H,33,44)(H,34,43)(H,38,39)(H,40,41)(H,46,47)/t18-,19-,20-,26-/m0/s1. The molecule has 1 aromatic carbocycles. The predicted octanol–water partition coefficient (Wildman–Crippen LogP) is -0.767. The van der Waals surface area contributed by atoms with E-state index in [2.05, 4.69) is 16.0 Å². The zero-order valence-corrected chi connectivity index (χ0v) is 26.5. The summed E-state index contributed by atoms with van der Waals surface area (Å²) in [4.78, 5) is 112. The Labute approximate surface area is 272 Å². The van der Waals surface area contributed by atoms with Crippen molar-refractivity contribution in [3.8, 4) is 0 Å². The van der Waals surface area contributed by atoms with Crippen molar-refractivity contribution in [2.75, 3.05) is 4.90 Å². The van der Waals surface area contributed by atoms with Gasteiger partial charge in [-0.15, -0.1) is 0 Å². The number of benzene rings is 1. The molecule has 0 unspecified atom stereocenters. The summed E-state index contributed by atoms with van der Waals surface area (Å²) in [6, 6.07) is -1.56. The minimum atomic E-state index is -1.90. The lowest BCUT2D eigenvalue weighted by molar-refractivity contribution is -0.142. The lowest BCUT2D eigenvalue weighted by Gasteiger charge is -2.34. The van der Waals surface area contributed by atoms with E-state index in [1.807, 2.05) is 0 Å². The Kier molecular flexibility index (Phi) is 13.3. The van der Waals surface area contributed by atoms with Crippen LogP contribution < -0.4 is 32.2 Å². The van der Waals surface area contributed by atoms with E-state index in [1.165, 1.54) is 38.1 Å². The third-order valence-corrected chi connectivity index (χ3v) is 7.02. The lowest BCUT2D eigenvalue weighted by atomic mass is 9.98. The summed E-state index contributed by atoms with van der Waals surface area (Å²) in [7, 11) is 0. The van der Waals surface area contributed by atoms with Crippen LogP contribution in [0.3, 0.4) is 0 Å². The van der Waals surface area contributed by atoms with Crippen molar-refractivity contribution in [2.45, 2.75) is 77.5 Å². The number of hydrogen-bond donors (Lipinski definition) is 7. The first-order chi connectivity index (χ1) is 22.3. The summed E-state index contributed by atoms with van der Waals surface area (Å²) >= 11 is 0. The molecule has 1 heterocycles. The van der Waals surface area contributed by atoms with Crippen LogP contribution in [0.15, 0.2) is 33.5 Å². The molecule has 18 heteroatoms. The van der Waals surface area contributed by atoms with Crippen LogP contribution in [0.2, 0.25) is 0 Å². The van der Waals surface area contributed by atoms with Crippen molar-refractivity contribution in [1.82, 2.24) is 16.0 Å². The molecule has 48 heavy (non-hydrogen) atoms. The van der Waals surface area contributed by atoms with Crippen molar-refractivity contribution < 1.29 is 58.1 Å². The highest BCUT2D eigenvalue weighted by Crippen LogP contribution is 2.27. The molecular formula is C30H37N5O13. The van der Waals surface area contributed by atoms with Crippen LogP contribution >= 0.6 is 0 Å². The van der Waals surface area contributed by atoms with Gasteiger partial charge in [-0.1, -0.05) is 13.8 Å². The molecule has 0 fully saturated rings. The number of carbonyl (C=O) groups excluding carboxylic acids is 5. The molecule has 2 aromatic rings. The maximum atomic E-state index is 14.2. The van der Waals surface area contributed by atoms with E-state index in [-0.39, 0.29) is 11.3 Å². The third-order valence-electron chi connectivity index (χ3n) is 7.02. The topological polar surface area (TPSA) is 293 Å². The quantitative estimate of drug-likeness (QED) is 0.102. The average molecular weight is 676 g/mol. The van der Waals surface area contributed by atoms with Crippen molar-refractivity contribution in [3.05, 3.63) is 40.2 Å². The van der Waals surface area contributed by atoms with Gasteiger partial charge in [0.2, 0.25) is 23.6 Å². The highest BCUT2D eigenvalue weighted by Gasteiger charge is 2.39. The van der Waals surface area contributed by atoms with E-state index < -0.39 is 109 Å². The van der Waals surface area contributed by atoms with Crippen LogP contribution in [-0.2, 0) is 38.4 Å². The van der Waals surface area contributed by atoms with Gasteiger partial charge in [-0.3, -0.25) is 38.5 Å². The summed E-state index contributed by atoms with van der Waals surface area (Å²) in [6.07, 6.45) is -2.92. The average Bonchev–Trinajstić information content (AvgIpc) is 2.95. The number of fused-ring (bicyclic) bond motifs is 1. The number of carboxylic acid groups (broad SMARTS) is 3. The van der Waals surface area contributed by atoms with Gasteiger partial charge < -0.3 is 41.4 Å². The monoisotopic (exact) mass is 675 g/mol. The highest BCUT2D eigenvalue weighted by molar-refractivity contribution is 6.06. The number of nitrogens with zero attached hydrogens (tertiary/aromatic N) is 1. The molecule has 0 spiro atoms. The smallest absolute Gasteiger partial charge is 0.336 e. The van der Waals surface area contributed by atoms with Crippen molar-refractivity contribution in [1.29, 1.82) is 0 Å². The zero-order chi connectivity index (χ0) is 36.5. The Hall–Kier alpha value is -5.81. The molecule has 0 aliphatic rings. The number of hydrogen-bond acceptors (Lipinski definition) is 10. The molecule has 5 amide bonds. The number of aliphatic carboxylic acids is 3. The second kappa shape index (κ2) is 16.7. The molecule has 0 bridgehead atoms. The number of aryl methyl sites for hydroxylation is 1. The fourth-order valence-corrected chi connectivity index (χ4v) is 4.76. The van der Waals surface area contributed by atoms with Crippen molar-refractivity contribution in [3.63, 3.8) is 0 Å². The Morgan fingerprint density at radius 1 is 0.875 bits per heavy atom. The number of amides is 5. The molecule has 8 N–H and O–H groups in total. The number of anilines is 1. The maximum absolute atomic E-state index is 14.2. The van der Waals surface area contributed by atoms with Crippen molar-refractivity contribution >= 4 is 64.1 Å². The Balaban J connectivity index is 2.59. The largest absolute Gasteiger partial charge is 0.481 e. The third kappa shape index (κ3) is 10.6. The van der Waals surface area contributed by atoms with Gasteiger partial charge in [-0.25, -0.2) is 9.59 Å². The van der Waals surface area contributed by atoms with Gasteiger partial charge in [0.15, 0.2) is 0 Å². The summed E-state index contributed by atoms with van der Waals surface area (Å²) in [6.45, 7) is 5.61. The van der Waals surface area contributed by atoms with Crippen LogP contribution in [-0.4, -0.2) is 86.9 Å². The Bertz CT molecular complexity index is 1650. The van der Waals surface area contributed by atoms with Gasteiger partial charge in [0, 0.05) is 36.6 Å². The summed E-state index contributed by atoms with van der Waals surface area (Å²) in [5, 5.41) is 35.6. The minimum absolute atomic E-state index is 0.0184. The first-order valence-electron chi connectivity index (χ1n) is 14.5. The summed E-state index contributed by atoms with van der Waals surface area (Å²) in [5.41, 5.74) is 4.93. The second-order valence-corrected chi connectivity index (χ2v) is 11.2. The van der Waals surface area contributed by atoms with Crippen molar-refractivity contribution in [2.24, 2.45) is 11.7 Å². The number of nitrogens with one attached hydrogen (secondary N) is 3. The van der Waals surface area contributed by atoms with E-state index in [0.717, 1.165) is 6.92 Å². The molecule has 1 aromatic heterocycles. The van der Waals surface area contributed by atoms with Crippen LogP contribution in [0, 0.1) is 12.8 Å². The Morgan fingerprint density at radius 3 is 2.02 bits per heavy atom. The van der Waals surface area contributed by atoms with E-state index in [9.17, 15) is 53.4 Å². The van der Waals surface area contributed by atoms with E-state index in [1.54, 1.807) is 6.92 Å². The van der Waals surface area contributed by atoms with Gasteiger partial charge in [-0.2, -0.15) is 0 Å². The fraction of sp³-hybridized carbons (Fsp3) is 0.433. The number of nitrogens with two attached hydrogens (primary N) is 1. The van der Waals surface area contributed by atoms with Gasteiger partial charge in [0.1, 0.15) is 29.8 Å². The van der Waals surface area contributed by atoms with Gasteiger partial charge in [-0.05, 0) is 37.0 Å². The summed E-state index contributed by atoms with van der Waals surface area (Å²) in [5.74, 6) is -10.4. The van der Waals surface area contributed by atoms with Gasteiger partial charge in [0.05, 0.1) is 12.8 Å². The molecule has 0 saturated heterocycles. The van der Waals surface area contributed by atoms with Gasteiger partial charge >= 0.3 is 23.5 Å². The SMILES string of the molecule is CC(=O)N[C@@H](CC(=O)O)C(=O)N[C@@H](CCC(=O)O)C(=O)N[C@H](C(=O)N(c1ccc2c(C)cc(=O)oc2c1)[C@@H](CC(N)=O)C(=O)O)C(C)C. The molecule has 0 aliphatic heterocycles. The van der Waals surface area contributed by atoms with Crippen LogP contribution in [0.25, 0.3) is 11.0 Å². The minimum Gasteiger partial charge on any atom is -0.481 e. The number of carboxylic acids is 3. The van der Waals surface area contributed by atoms with Crippen LogP contribution in [0.4, 0.5) is 5.69 Å². The fourth-order valence-electron chi connectivity index (χ4n) is 4.76. The van der Waals surface area contributed by atoms with Gasteiger partial charge in [0.25, 0.3) is 5.91 Å². The van der Waals surface area contributed by atoms with E-state index in [4.69, 9.17) is 15.3 Å². The highest BCUT2D eigenvalue weighted by atomic mass is 16.4. The molecule has 0 saturated carbocycles. The zero-order valence-electron chi connectivity index (χ0n) is 26.5. The first-order valence-corrected chi connectivity index (χ1v) is 14.5. The predicted molar refractivity (Wildman–Crippen MR) is 165 cm³/mol. The molecule has 260 valence electrons. The van der Waals surface area contributed by atoms with Crippen LogP contribution in [0.5, 0.6) is 0 Å². The number of carbonyl (C=O) groups is 8. The van der Waals surface area contributed by atoms with Crippen LogP contribution in [0.1, 0.15) is 52.0 Å². The first kappa shape index (κ1) is 38.4. The molecule has 0 aliphatic carbocycles. The van der Waals surface area contributed by atoms with E-state index in [0.29, 0.717) is 15.8 Å². The van der Waals surface area contributed by atoms with E-state index >= 15 is 0 Å². The molecule has 2 rings (SSSR count). The molecule has 0 radical (unpaired) electrons. The maximum Gasteiger partial charge on any atom is 0.336 e. The molecular weight excluding hydrogens is 638 g/mol. The lowest BCUT2D eigenvalue weighted by Crippen LogP contribution is -2.60. The normalized spacial score (nSPS) is 13.4. The number of rotatable bonds is 17. The summed E-state index contributed by atoms with van der Waals surface area (Å²) < 4.78 is 5.24. The second-order valence-electron chi connectivity index (χ2n) is 11.2. The molecule has 18 nitrogen and oxygen atoms in total.